The van der Waals surface area contributed by atoms with Gasteiger partial charge in [0.15, 0.2) is 0 Å². The van der Waals surface area contributed by atoms with Crippen LogP contribution in [0.1, 0.15) is 17.5 Å². The van der Waals surface area contributed by atoms with Crippen molar-refractivity contribution in [2.24, 2.45) is 5.73 Å². The van der Waals surface area contributed by atoms with Gasteiger partial charge >= 0.3 is 0 Å². The molecule has 0 aliphatic carbocycles. The first-order chi connectivity index (χ1) is 9.20. The average Bonchev–Trinajstić information content (AvgIpc) is 2.67. The Hall–Kier alpha value is -1.59. The third kappa shape index (κ3) is 3.68. The first kappa shape index (κ1) is 13.8. The van der Waals surface area contributed by atoms with Crippen LogP contribution in [-0.4, -0.2) is 44.1 Å². The summed E-state index contributed by atoms with van der Waals surface area (Å²) in [6.45, 7) is 4.35. The highest BCUT2D eigenvalue weighted by Crippen LogP contribution is 2.22. The fourth-order valence-corrected chi connectivity index (χ4v) is 2.27. The Morgan fingerprint density at radius 1 is 1.42 bits per heavy atom. The van der Waals surface area contributed by atoms with Gasteiger partial charge in [0.05, 0.1) is 13.7 Å². The number of ether oxygens (including phenoxy) is 2. The van der Waals surface area contributed by atoms with Gasteiger partial charge in [-0.2, -0.15) is 0 Å². The molecule has 1 aliphatic heterocycles. The summed E-state index contributed by atoms with van der Waals surface area (Å²) in [5.74, 6) is 0.929. The number of nitrogen functional groups attached to an aromatic ring is 1. The molecule has 0 atom stereocenters. The summed E-state index contributed by atoms with van der Waals surface area (Å²) in [5, 5.41) is 7.52. The highest BCUT2D eigenvalue weighted by atomic mass is 16.5. The molecular weight excluding hydrogens is 242 g/mol. The lowest BCUT2D eigenvalue weighted by Crippen LogP contribution is -2.26. The number of amidine groups is 1. The van der Waals surface area contributed by atoms with Crippen LogP contribution < -0.4 is 10.5 Å². The third-order valence-corrected chi connectivity index (χ3v) is 3.30. The minimum atomic E-state index is 0.0862. The summed E-state index contributed by atoms with van der Waals surface area (Å²) < 4.78 is 10.8. The average molecular weight is 263 g/mol. The number of methoxy groups -OCH3 is 1. The van der Waals surface area contributed by atoms with Crippen molar-refractivity contribution in [3.05, 3.63) is 29.3 Å². The Bertz CT molecular complexity index is 440. The van der Waals surface area contributed by atoms with Crippen molar-refractivity contribution < 1.29 is 9.47 Å². The molecule has 1 heterocycles. The fraction of sp³-hybridized carbons (Fsp3) is 0.500. The molecule has 5 heteroatoms. The molecule has 0 unspecified atom stereocenters. The van der Waals surface area contributed by atoms with Crippen LogP contribution in [0.15, 0.2) is 18.2 Å². The summed E-state index contributed by atoms with van der Waals surface area (Å²) in [4.78, 5) is 2.34. The standard InChI is InChI=1S/C14H21N3O2/c1-18-13-4-3-11(14(15)16)9-12(13)10-17-5-2-7-19-8-6-17/h3-4,9H,2,5-8,10H2,1H3,(H3,15,16). The second-order valence-corrected chi connectivity index (χ2v) is 4.68. The van der Waals surface area contributed by atoms with Crippen LogP contribution in [0, 0.1) is 5.41 Å². The van der Waals surface area contributed by atoms with Crippen LogP contribution in [0.3, 0.4) is 0 Å². The molecule has 1 fully saturated rings. The minimum absolute atomic E-state index is 0.0862. The Morgan fingerprint density at radius 2 is 2.26 bits per heavy atom. The van der Waals surface area contributed by atoms with Crippen molar-refractivity contribution in [2.45, 2.75) is 13.0 Å². The molecule has 0 amide bonds. The van der Waals surface area contributed by atoms with E-state index in [1.54, 1.807) is 7.11 Å². The van der Waals surface area contributed by atoms with E-state index in [1.165, 1.54) is 0 Å². The van der Waals surface area contributed by atoms with Crippen LogP contribution in [0.4, 0.5) is 0 Å². The Balaban J connectivity index is 2.16. The van der Waals surface area contributed by atoms with Crippen molar-refractivity contribution in [3.8, 4) is 5.75 Å². The van der Waals surface area contributed by atoms with Gasteiger partial charge in [-0.3, -0.25) is 10.3 Å². The predicted octanol–water partition coefficient (Wildman–Crippen LogP) is 1.20. The molecule has 3 N–H and O–H groups in total. The summed E-state index contributed by atoms with van der Waals surface area (Å²) in [5.41, 5.74) is 7.35. The van der Waals surface area contributed by atoms with E-state index in [-0.39, 0.29) is 5.84 Å². The normalized spacial score (nSPS) is 16.9. The highest BCUT2D eigenvalue weighted by molar-refractivity contribution is 5.95. The van der Waals surface area contributed by atoms with Gasteiger partial charge in [-0.1, -0.05) is 0 Å². The molecule has 1 aromatic carbocycles. The summed E-state index contributed by atoms with van der Waals surface area (Å²) >= 11 is 0. The lowest BCUT2D eigenvalue weighted by atomic mass is 10.1. The number of rotatable bonds is 4. The molecule has 5 nitrogen and oxygen atoms in total. The van der Waals surface area contributed by atoms with Crippen LogP contribution >= 0.6 is 0 Å². The topological polar surface area (TPSA) is 71.6 Å². The maximum atomic E-state index is 7.52. The van der Waals surface area contributed by atoms with E-state index in [9.17, 15) is 0 Å². The molecule has 0 bridgehead atoms. The monoisotopic (exact) mass is 263 g/mol. The molecule has 0 saturated carbocycles. The smallest absolute Gasteiger partial charge is 0.123 e. The second kappa shape index (κ2) is 6.54. The highest BCUT2D eigenvalue weighted by Gasteiger charge is 2.13. The van der Waals surface area contributed by atoms with Crippen molar-refractivity contribution in [3.63, 3.8) is 0 Å². The van der Waals surface area contributed by atoms with Gasteiger partial charge in [-0.05, 0) is 24.6 Å². The van der Waals surface area contributed by atoms with Gasteiger partial charge in [-0.15, -0.1) is 0 Å². The van der Waals surface area contributed by atoms with Crippen LogP contribution in [0.25, 0.3) is 0 Å². The quantitative estimate of drug-likeness (QED) is 0.632. The Morgan fingerprint density at radius 3 is 3.00 bits per heavy atom. The van der Waals surface area contributed by atoms with E-state index in [4.69, 9.17) is 20.6 Å². The summed E-state index contributed by atoms with van der Waals surface area (Å²) in [6.07, 6.45) is 1.05. The Labute approximate surface area is 113 Å². The Kier molecular flexibility index (Phi) is 4.76. The molecule has 1 aromatic rings. The summed E-state index contributed by atoms with van der Waals surface area (Å²) in [7, 11) is 1.66. The first-order valence-corrected chi connectivity index (χ1v) is 6.52. The van der Waals surface area contributed by atoms with Crippen molar-refractivity contribution in [1.82, 2.24) is 4.90 Å². The van der Waals surface area contributed by atoms with Crippen molar-refractivity contribution >= 4 is 5.84 Å². The molecule has 0 radical (unpaired) electrons. The molecule has 104 valence electrons. The molecule has 19 heavy (non-hydrogen) atoms. The van der Waals surface area contributed by atoms with Gasteiger partial charge in [0, 0.05) is 37.4 Å². The van der Waals surface area contributed by atoms with Gasteiger partial charge in [0.1, 0.15) is 11.6 Å². The molecule has 0 aromatic heterocycles. The van der Waals surface area contributed by atoms with Gasteiger partial charge < -0.3 is 15.2 Å². The zero-order valence-corrected chi connectivity index (χ0v) is 11.3. The predicted molar refractivity (Wildman–Crippen MR) is 74.7 cm³/mol. The van der Waals surface area contributed by atoms with Crippen molar-refractivity contribution in [2.75, 3.05) is 33.4 Å². The fourth-order valence-electron chi connectivity index (χ4n) is 2.27. The molecule has 0 spiro atoms. The zero-order valence-electron chi connectivity index (χ0n) is 11.3. The molecule has 1 aliphatic rings. The number of hydrogen-bond acceptors (Lipinski definition) is 4. The van der Waals surface area contributed by atoms with E-state index in [0.29, 0.717) is 0 Å². The molecule has 2 rings (SSSR count). The van der Waals surface area contributed by atoms with E-state index in [0.717, 1.165) is 56.1 Å². The number of nitrogens with one attached hydrogen (secondary N) is 1. The number of nitrogens with zero attached hydrogens (tertiary/aromatic N) is 1. The van der Waals surface area contributed by atoms with E-state index < -0.39 is 0 Å². The number of hydrogen-bond donors (Lipinski definition) is 2. The van der Waals surface area contributed by atoms with Crippen LogP contribution in [-0.2, 0) is 11.3 Å². The number of nitrogens with two attached hydrogens (primary N) is 1. The van der Waals surface area contributed by atoms with Crippen LogP contribution in [0.2, 0.25) is 0 Å². The minimum Gasteiger partial charge on any atom is -0.496 e. The maximum Gasteiger partial charge on any atom is 0.123 e. The van der Waals surface area contributed by atoms with Gasteiger partial charge in [0.25, 0.3) is 0 Å². The number of benzene rings is 1. The first-order valence-electron chi connectivity index (χ1n) is 6.52. The van der Waals surface area contributed by atoms with E-state index in [1.807, 2.05) is 18.2 Å². The SMILES string of the molecule is COc1ccc(C(=N)N)cc1CN1CCCOCC1. The lowest BCUT2D eigenvalue weighted by Gasteiger charge is -2.21. The lowest BCUT2D eigenvalue weighted by molar-refractivity contribution is 0.140. The van der Waals surface area contributed by atoms with Crippen LogP contribution in [0.5, 0.6) is 5.75 Å². The van der Waals surface area contributed by atoms with Crippen molar-refractivity contribution in [1.29, 1.82) is 5.41 Å². The van der Waals surface area contributed by atoms with E-state index in [2.05, 4.69) is 4.90 Å². The molecular formula is C14H21N3O2. The zero-order chi connectivity index (χ0) is 13.7. The third-order valence-electron chi connectivity index (χ3n) is 3.30. The van der Waals surface area contributed by atoms with E-state index >= 15 is 0 Å². The maximum absolute atomic E-state index is 7.52. The largest absolute Gasteiger partial charge is 0.496 e. The van der Waals surface area contributed by atoms with Gasteiger partial charge in [-0.25, -0.2) is 0 Å². The molecule has 1 saturated heterocycles. The second-order valence-electron chi connectivity index (χ2n) is 4.68. The summed E-state index contributed by atoms with van der Waals surface area (Å²) in [6, 6.07) is 5.63. The van der Waals surface area contributed by atoms with Gasteiger partial charge in [0.2, 0.25) is 0 Å².